The maximum atomic E-state index is 13.0. The number of fused-ring (bicyclic) bond motifs is 3. The number of nitrogens with one attached hydrogen (secondary N) is 1. The van der Waals surface area contributed by atoms with Gasteiger partial charge in [-0.1, -0.05) is 0 Å². The molecule has 2 N–H and O–H groups in total. The van der Waals surface area contributed by atoms with Crippen molar-refractivity contribution in [1.29, 1.82) is 0 Å². The number of aliphatic hydroxyl groups excluding tert-OH is 1. The molecule has 3 atom stereocenters. The van der Waals surface area contributed by atoms with Crippen LogP contribution in [-0.4, -0.2) is 51.6 Å². The molecular formula is C19H23N5O4. The van der Waals surface area contributed by atoms with Gasteiger partial charge in [0.1, 0.15) is 0 Å². The molecule has 9 nitrogen and oxygen atoms in total. The van der Waals surface area contributed by atoms with Crippen LogP contribution in [0.3, 0.4) is 0 Å². The van der Waals surface area contributed by atoms with Crippen LogP contribution in [0.15, 0.2) is 18.6 Å². The van der Waals surface area contributed by atoms with Crippen molar-refractivity contribution in [3.63, 3.8) is 0 Å². The number of aromatic nitrogens is 4. The van der Waals surface area contributed by atoms with Gasteiger partial charge in [-0.25, -0.2) is 9.67 Å². The van der Waals surface area contributed by atoms with Crippen LogP contribution in [0.5, 0.6) is 0 Å². The number of amides is 1. The van der Waals surface area contributed by atoms with Crippen LogP contribution in [0.4, 0.5) is 0 Å². The minimum Gasteiger partial charge on any atom is -0.619 e. The van der Waals surface area contributed by atoms with Crippen molar-refractivity contribution in [2.24, 2.45) is 11.8 Å². The van der Waals surface area contributed by atoms with Gasteiger partial charge in [-0.05, 0) is 37.5 Å². The van der Waals surface area contributed by atoms with Gasteiger partial charge in [0.25, 0.3) is 5.91 Å². The second-order valence-electron chi connectivity index (χ2n) is 7.92. The first kappa shape index (κ1) is 17.6. The van der Waals surface area contributed by atoms with E-state index in [-0.39, 0.29) is 24.5 Å². The van der Waals surface area contributed by atoms with Crippen LogP contribution in [0.1, 0.15) is 46.9 Å². The lowest BCUT2D eigenvalue weighted by molar-refractivity contribution is -0.605. The molecule has 2 aromatic heterocycles. The predicted molar refractivity (Wildman–Crippen MR) is 96.8 cm³/mol. The fourth-order valence-electron chi connectivity index (χ4n) is 4.62. The van der Waals surface area contributed by atoms with Crippen molar-refractivity contribution in [3.8, 4) is 5.82 Å². The zero-order chi connectivity index (χ0) is 19.3. The summed E-state index contributed by atoms with van der Waals surface area (Å²) >= 11 is 0. The molecule has 1 amide bonds. The van der Waals surface area contributed by atoms with Crippen molar-refractivity contribution in [1.82, 2.24) is 20.1 Å². The molecule has 9 heteroatoms. The molecule has 2 aromatic rings. The Balaban J connectivity index is 1.44. The molecule has 0 unspecified atom stereocenters. The molecule has 0 aromatic carbocycles. The van der Waals surface area contributed by atoms with Crippen LogP contribution in [0.25, 0.3) is 5.82 Å². The van der Waals surface area contributed by atoms with Gasteiger partial charge >= 0.3 is 0 Å². The summed E-state index contributed by atoms with van der Waals surface area (Å²) in [6.45, 7) is 1.19. The number of ether oxygens (including phenoxy) is 1. The van der Waals surface area contributed by atoms with Gasteiger partial charge in [-0.3, -0.25) is 4.79 Å². The van der Waals surface area contributed by atoms with E-state index in [2.05, 4.69) is 15.4 Å². The predicted octanol–water partition coefficient (Wildman–Crippen LogP) is 0.0776. The average Bonchev–Trinajstić information content (AvgIpc) is 3.21. The number of hydrogen-bond donors (Lipinski definition) is 2. The zero-order valence-electron chi connectivity index (χ0n) is 15.5. The van der Waals surface area contributed by atoms with Crippen molar-refractivity contribution >= 4 is 5.91 Å². The lowest BCUT2D eigenvalue weighted by atomic mass is 9.92. The van der Waals surface area contributed by atoms with Gasteiger partial charge in [0.05, 0.1) is 24.5 Å². The van der Waals surface area contributed by atoms with Crippen molar-refractivity contribution < 1.29 is 19.4 Å². The van der Waals surface area contributed by atoms with Crippen molar-refractivity contribution in [2.75, 3.05) is 19.8 Å². The van der Waals surface area contributed by atoms with Gasteiger partial charge in [-0.15, -0.1) is 0 Å². The first-order valence-corrected chi connectivity index (χ1v) is 9.82. The van der Waals surface area contributed by atoms with E-state index in [0.29, 0.717) is 41.3 Å². The van der Waals surface area contributed by atoms with Crippen molar-refractivity contribution in [2.45, 2.75) is 37.6 Å². The lowest BCUT2D eigenvalue weighted by Gasteiger charge is -2.29. The maximum absolute atomic E-state index is 13.0. The van der Waals surface area contributed by atoms with E-state index in [4.69, 9.17) is 4.74 Å². The first-order valence-electron chi connectivity index (χ1n) is 9.82. The molecule has 148 valence electrons. The summed E-state index contributed by atoms with van der Waals surface area (Å²) in [4.78, 5) is 17.3. The fraction of sp³-hybridized carbons (Fsp3) is 0.579. The highest BCUT2D eigenvalue weighted by atomic mass is 16.5. The average molecular weight is 385 g/mol. The van der Waals surface area contributed by atoms with Gasteiger partial charge in [0.2, 0.25) is 12.0 Å². The standard InChI is InChI=1S/C19H23N5O4/c25-10-15(11-1-5-28-6-2-11)21-19(26)17-14-8-12-7-13(12)18(14)24(22-17)16-9-23(27)4-3-20-16/h3-4,9,11-13,15,25H,1-2,5-8,10H2,(H,21,26)/t12-,13-,15-/m1/s1. The quantitative estimate of drug-likeness (QED) is 0.556. The van der Waals surface area contributed by atoms with Crippen molar-refractivity contribution in [3.05, 3.63) is 40.7 Å². The van der Waals surface area contributed by atoms with Crippen LogP contribution in [-0.2, 0) is 11.2 Å². The molecule has 3 aliphatic rings. The summed E-state index contributed by atoms with van der Waals surface area (Å²) in [6.07, 6.45) is 7.67. The van der Waals surface area contributed by atoms with E-state index in [1.807, 2.05) is 0 Å². The zero-order valence-corrected chi connectivity index (χ0v) is 15.5. The van der Waals surface area contributed by atoms with Gasteiger partial charge < -0.3 is 20.4 Å². The minimum atomic E-state index is -0.313. The molecule has 1 saturated heterocycles. The smallest absolute Gasteiger partial charge is 0.272 e. The van der Waals surface area contributed by atoms with E-state index in [1.54, 1.807) is 4.68 Å². The molecule has 2 aliphatic carbocycles. The molecule has 1 saturated carbocycles. The van der Waals surface area contributed by atoms with E-state index in [0.717, 1.165) is 36.9 Å². The first-order chi connectivity index (χ1) is 13.7. The van der Waals surface area contributed by atoms with E-state index < -0.39 is 0 Å². The molecule has 0 bridgehead atoms. The summed E-state index contributed by atoms with van der Waals surface area (Å²) in [5, 5.41) is 29.0. The van der Waals surface area contributed by atoms with Gasteiger partial charge in [0.15, 0.2) is 11.9 Å². The third-order valence-corrected chi connectivity index (χ3v) is 6.21. The fourth-order valence-corrected chi connectivity index (χ4v) is 4.62. The largest absolute Gasteiger partial charge is 0.619 e. The van der Waals surface area contributed by atoms with E-state index in [9.17, 15) is 15.1 Å². The highest BCUT2D eigenvalue weighted by Gasteiger charge is 2.50. The number of aliphatic hydroxyl groups is 1. The van der Waals surface area contributed by atoms with Crippen LogP contribution < -0.4 is 10.0 Å². The molecule has 5 rings (SSSR count). The second kappa shape index (κ2) is 6.82. The minimum absolute atomic E-state index is 0.110. The third-order valence-electron chi connectivity index (χ3n) is 6.21. The lowest BCUT2D eigenvalue weighted by Crippen LogP contribution is -2.45. The number of carbonyl (C=O) groups excluding carboxylic acids is 1. The summed E-state index contributed by atoms with van der Waals surface area (Å²) in [5.41, 5.74) is 2.33. The Morgan fingerprint density at radius 3 is 3.04 bits per heavy atom. The summed E-state index contributed by atoms with van der Waals surface area (Å²) in [6, 6.07) is -0.313. The molecule has 28 heavy (non-hydrogen) atoms. The third kappa shape index (κ3) is 2.94. The van der Waals surface area contributed by atoms with E-state index >= 15 is 0 Å². The van der Waals surface area contributed by atoms with Gasteiger partial charge in [0, 0.05) is 24.7 Å². The molecule has 3 heterocycles. The van der Waals surface area contributed by atoms with Crippen LogP contribution >= 0.6 is 0 Å². The highest BCUT2D eigenvalue weighted by Crippen LogP contribution is 2.57. The Morgan fingerprint density at radius 1 is 1.46 bits per heavy atom. The molecular weight excluding hydrogens is 362 g/mol. The number of carbonyl (C=O) groups is 1. The van der Waals surface area contributed by atoms with Gasteiger partial charge in [-0.2, -0.15) is 9.83 Å². The second-order valence-corrected chi connectivity index (χ2v) is 7.92. The van der Waals surface area contributed by atoms with E-state index in [1.165, 1.54) is 18.6 Å². The number of rotatable bonds is 5. The topological polar surface area (TPSA) is 116 Å². The Kier molecular flexibility index (Phi) is 4.28. The Bertz CT molecular complexity index is 908. The Labute approximate surface area is 161 Å². The number of hydrogen-bond acceptors (Lipinski definition) is 6. The molecule has 1 aliphatic heterocycles. The normalized spacial score (nSPS) is 24.5. The maximum Gasteiger partial charge on any atom is 0.272 e. The molecule has 0 radical (unpaired) electrons. The molecule has 0 spiro atoms. The summed E-state index contributed by atoms with van der Waals surface area (Å²) < 4.78 is 7.71. The van der Waals surface area contributed by atoms with Crippen LogP contribution in [0, 0.1) is 17.0 Å². The Morgan fingerprint density at radius 2 is 2.29 bits per heavy atom. The molecule has 2 fully saturated rings. The number of nitrogens with zero attached hydrogens (tertiary/aromatic N) is 4. The highest BCUT2D eigenvalue weighted by molar-refractivity contribution is 5.94. The summed E-state index contributed by atoms with van der Waals surface area (Å²) in [7, 11) is 0. The SMILES string of the molecule is O=C(N[C@H](CO)C1CCOCC1)c1nn(-c2c[n+]([O-])ccn2)c2c1C[C@H]1C[C@@H]21. The monoisotopic (exact) mass is 385 g/mol. The van der Waals surface area contributed by atoms with Crippen LogP contribution in [0.2, 0.25) is 0 Å². The summed E-state index contributed by atoms with van der Waals surface area (Å²) in [5.74, 6) is 1.28. The Hall–Kier alpha value is -2.52.